The van der Waals surface area contributed by atoms with E-state index in [2.05, 4.69) is 42.3 Å². The van der Waals surface area contributed by atoms with Gasteiger partial charge in [0.05, 0.1) is 13.1 Å². The molecule has 1 aromatic heterocycles. The number of hydrogen-bond donors (Lipinski definition) is 0. The first-order valence-electron chi connectivity index (χ1n) is 14.4. The summed E-state index contributed by atoms with van der Waals surface area (Å²) in [6.45, 7) is 9.37. The zero-order chi connectivity index (χ0) is 22.4. The van der Waals surface area contributed by atoms with Crippen LogP contribution >= 0.6 is 0 Å². The largest absolute Gasteiger partial charge is 0.256 e. The van der Waals surface area contributed by atoms with E-state index in [4.69, 9.17) is 0 Å². The minimum Gasteiger partial charge on any atom is -0.234 e. The number of unbranched alkanes of at least 4 members (excludes halogenated alkanes) is 17. The Morgan fingerprint density at radius 3 is 1.55 bits per heavy atom. The van der Waals surface area contributed by atoms with Gasteiger partial charge in [0, 0.05) is 6.42 Å². The standard InChI is InChI=1S/C29H57N2/c1-4-7-10-13-15-16-17-18-20-23-26-31-28-27-30(25-22-19-14-11-8-5-2)29(31)24-21-12-9-6-3/h27-28H,4-26H2,1-3H3/q+1. The van der Waals surface area contributed by atoms with Gasteiger partial charge in [-0.05, 0) is 32.1 Å². The lowest BCUT2D eigenvalue weighted by molar-refractivity contribution is -0.704. The summed E-state index contributed by atoms with van der Waals surface area (Å²) < 4.78 is 5.18. The Labute approximate surface area is 196 Å². The van der Waals surface area contributed by atoms with Crippen molar-refractivity contribution in [3.63, 3.8) is 0 Å². The molecule has 2 heteroatoms. The predicted octanol–water partition coefficient (Wildman–Crippen LogP) is 9.18. The van der Waals surface area contributed by atoms with Gasteiger partial charge in [-0.2, -0.15) is 0 Å². The molecule has 0 saturated carbocycles. The maximum absolute atomic E-state index is 2.59. The number of aryl methyl sites for hydroxylation is 2. The van der Waals surface area contributed by atoms with Crippen LogP contribution in [0, 0.1) is 0 Å². The first-order chi connectivity index (χ1) is 15.3. The summed E-state index contributed by atoms with van der Waals surface area (Å²) in [5, 5.41) is 0. The van der Waals surface area contributed by atoms with Crippen LogP contribution in [-0.2, 0) is 19.5 Å². The van der Waals surface area contributed by atoms with Gasteiger partial charge >= 0.3 is 0 Å². The maximum atomic E-state index is 2.59. The number of nitrogens with zero attached hydrogens (tertiary/aromatic N) is 2. The van der Waals surface area contributed by atoms with Crippen LogP contribution in [0.2, 0.25) is 0 Å². The molecule has 0 N–H and O–H groups in total. The lowest BCUT2D eigenvalue weighted by Gasteiger charge is -2.07. The van der Waals surface area contributed by atoms with Crippen LogP contribution in [0.5, 0.6) is 0 Å². The fourth-order valence-electron chi connectivity index (χ4n) is 4.73. The molecule has 0 aliphatic carbocycles. The third-order valence-corrected chi connectivity index (χ3v) is 6.85. The lowest BCUT2D eigenvalue weighted by atomic mass is 10.1. The van der Waals surface area contributed by atoms with Crippen molar-refractivity contribution >= 4 is 0 Å². The fourth-order valence-corrected chi connectivity index (χ4v) is 4.73. The molecule has 1 heterocycles. The van der Waals surface area contributed by atoms with Crippen molar-refractivity contribution in [3.05, 3.63) is 18.2 Å². The molecule has 0 aliphatic heterocycles. The van der Waals surface area contributed by atoms with Gasteiger partial charge in [0.25, 0.3) is 5.82 Å². The van der Waals surface area contributed by atoms with Crippen molar-refractivity contribution in [3.8, 4) is 0 Å². The van der Waals surface area contributed by atoms with E-state index in [1.54, 1.807) is 5.82 Å². The number of imidazole rings is 1. The summed E-state index contributed by atoms with van der Waals surface area (Å²) in [7, 11) is 0. The van der Waals surface area contributed by atoms with E-state index >= 15 is 0 Å². The molecule has 182 valence electrons. The van der Waals surface area contributed by atoms with Gasteiger partial charge in [0.1, 0.15) is 12.4 Å². The molecule has 2 nitrogen and oxygen atoms in total. The Hall–Kier alpha value is -0.790. The molecule has 0 spiro atoms. The van der Waals surface area contributed by atoms with E-state index in [0.717, 1.165) is 0 Å². The van der Waals surface area contributed by atoms with Crippen molar-refractivity contribution in [2.24, 2.45) is 0 Å². The van der Waals surface area contributed by atoms with Crippen molar-refractivity contribution in [1.82, 2.24) is 4.57 Å². The third kappa shape index (κ3) is 14.8. The monoisotopic (exact) mass is 433 g/mol. The highest BCUT2D eigenvalue weighted by atomic mass is 15.1. The molecule has 1 rings (SSSR count). The average molecular weight is 434 g/mol. The number of aromatic nitrogens is 2. The third-order valence-electron chi connectivity index (χ3n) is 6.85. The minimum absolute atomic E-state index is 1.22. The normalized spacial score (nSPS) is 11.5. The molecular formula is C29H57N2+. The molecule has 0 aromatic carbocycles. The Balaban J connectivity index is 2.31. The first kappa shape index (κ1) is 28.2. The first-order valence-corrected chi connectivity index (χ1v) is 14.4. The van der Waals surface area contributed by atoms with E-state index < -0.39 is 0 Å². The van der Waals surface area contributed by atoms with Crippen molar-refractivity contribution in [2.75, 3.05) is 0 Å². The zero-order valence-corrected chi connectivity index (χ0v) is 21.8. The van der Waals surface area contributed by atoms with E-state index in [1.165, 1.54) is 148 Å². The van der Waals surface area contributed by atoms with Gasteiger partial charge in [0.15, 0.2) is 0 Å². The van der Waals surface area contributed by atoms with Crippen LogP contribution in [0.25, 0.3) is 0 Å². The Bertz CT molecular complexity index is 491. The van der Waals surface area contributed by atoms with Gasteiger partial charge in [-0.25, -0.2) is 9.13 Å². The molecule has 0 amide bonds. The highest BCUT2D eigenvalue weighted by molar-refractivity contribution is 4.84. The number of rotatable bonds is 23. The van der Waals surface area contributed by atoms with Gasteiger partial charge in [0.2, 0.25) is 0 Å². The quantitative estimate of drug-likeness (QED) is 0.120. The van der Waals surface area contributed by atoms with Gasteiger partial charge in [-0.3, -0.25) is 0 Å². The van der Waals surface area contributed by atoms with Crippen molar-refractivity contribution in [2.45, 2.75) is 169 Å². The molecule has 0 aliphatic rings. The van der Waals surface area contributed by atoms with Gasteiger partial charge in [-0.15, -0.1) is 0 Å². The molecule has 0 radical (unpaired) electrons. The molecule has 0 bridgehead atoms. The topological polar surface area (TPSA) is 8.81 Å². The van der Waals surface area contributed by atoms with Gasteiger partial charge < -0.3 is 0 Å². The molecule has 1 aromatic rings. The van der Waals surface area contributed by atoms with Crippen LogP contribution in [0.3, 0.4) is 0 Å². The summed E-state index contributed by atoms with van der Waals surface area (Å²) in [4.78, 5) is 0. The average Bonchev–Trinajstić information content (AvgIpc) is 3.16. The zero-order valence-electron chi connectivity index (χ0n) is 21.8. The summed E-state index contributed by atoms with van der Waals surface area (Å²) in [6, 6.07) is 0. The maximum Gasteiger partial charge on any atom is 0.256 e. The van der Waals surface area contributed by atoms with Crippen LogP contribution in [0.15, 0.2) is 12.4 Å². The van der Waals surface area contributed by atoms with E-state index in [-0.39, 0.29) is 0 Å². The summed E-state index contributed by atoms with van der Waals surface area (Å²) in [6.07, 6.45) is 34.0. The predicted molar refractivity (Wildman–Crippen MR) is 138 cm³/mol. The summed E-state index contributed by atoms with van der Waals surface area (Å²) in [5.41, 5.74) is 0. The van der Waals surface area contributed by atoms with Crippen molar-refractivity contribution in [1.29, 1.82) is 0 Å². The Morgan fingerprint density at radius 2 is 1.00 bits per heavy atom. The lowest BCUT2D eigenvalue weighted by Crippen LogP contribution is -2.37. The molecule has 0 saturated heterocycles. The van der Waals surface area contributed by atoms with Crippen molar-refractivity contribution < 1.29 is 4.57 Å². The van der Waals surface area contributed by atoms with Crippen LogP contribution < -0.4 is 4.57 Å². The second-order valence-electron chi connectivity index (χ2n) is 9.86. The van der Waals surface area contributed by atoms with Crippen LogP contribution in [-0.4, -0.2) is 4.57 Å². The summed E-state index contributed by atoms with van der Waals surface area (Å²) >= 11 is 0. The summed E-state index contributed by atoms with van der Waals surface area (Å²) in [5.74, 6) is 1.60. The smallest absolute Gasteiger partial charge is 0.234 e. The highest BCUT2D eigenvalue weighted by Crippen LogP contribution is 2.12. The SMILES string of the molecule is CCCCCCCCCCCC[n+]1ccn(CCCCCCCC)c1CCCCCC. The minimum atomic E-state index is 1.22. The molecule has 0 unspecified atom stereocenters. The molecule has 0 fully saturated rings. The van der Waals surface area contributed by atoms with E-state index in [0.29, 0.717) is 0 Å². The highest BCUT2D eigenvalue weighted by Gasteiger charge is 2.16. The molecule has 31 heavy (non-hydrogen) atoms. The fraction of sp³-hybridized carbons (Fsp3) is 0.897. The Kier molecular flexibility index (Phi) is 19.2. The molecule has 0 atom stereocenters. The second-order valence-corrected chi connectivity index (χ2v) is 9.86. The van der Waals surface area contributed by atoms with E-state index in [9.17, 15) is 0 Å². The van der Waals surface area contributed by atoms with E-state index in [1.807, 2.05) is 0 Å². The number of hydrogen-bond acceptors (Lipinski definition) is 0. The van der Waals surface area contributed by atoms with Gasteiger partial charge in [-0.1, -0.05) is 117 Å². The second kappa shape index (κ2) is 21.1. The van der Waals surface area contributed by atoms with Crippen LogP contribution in [0.1, 0.15) is 155 Å². The molecular weight excluding hydrogens is 376 g/mol. The van der Waals surface area contributed by atoms with Crippen LogP contribution in [0.4, 0.5) is 0 Å². The Morgan fingerprint density at radius 1 is 0.548 bits per heavy atom.